The predicted molar refractivity (Wildman–Crippen MR) is 79.4 cm³/mol. The van der Waals surface area contributed by atoms with E-state index in [1.54, 1.807) is 0 Å². The molecule has 20 heavy (non-hydrogen) atoms. The Kier molecular flexibility index (Phi) is 4.46. The summed E-state index contributed by atoms with van der Waals surface area (Å²) in [6.45, 7) is 3.87. The number of carbonyl (C=O) groups is 1. The number of benzene rings is 1. The van der Waals surface area contributed by atoms with Crippen molar-refractivity contribution in [2.75, 3.05) is 13.7 Å². The summed E-state index contributed by atoms with van der Waals surface area (Å²) in [5.41, 5.74) is 2.37. The zero-order valence-corrected chi connectivity index (χ0v) is 12.3. The van der Waals surface area contributed by atoms with Gasteiger partial charge in [0.15, 0.2) is 0 Å². The van der Waals surface area contributed by atoms with Crippen molar-refractivity contribution in [2.45, 2.75) is 32.7 Å². The van der Waals surface area contributed by atoms with Gasteiger partial charge in [-0.15, -0.1) is 0 Å². The zero-order valence-electron chi connectivity index (χ0n) is 12.3. The minimum Gasteiger partial charge on any atom is -0.384 e. The Morgan fingerprint density at radius 2 is 2.20 bits per heavy atom. The maximum Gasteiger partial charge on any atom is 0.255 e. The van der Waals surface area contributed by atoms with E-state index in [1.165, 1.54) is 12.8 Å². The number of aryl methyl sites for hydroxylation is 1. The Balaban J connectivity index is 2.28. The third-order valence-electron chi connectivity index (χ3n) is 3.94. The first kappa shape index (κ1) is 14.6. The lowest BCUT2D eigenvalue weighted by Crippen LogP contribution is -2.36. The van der Waals surface area contributed by atoms with Crippen molar-refractivity contribution in [1.29, 1.82) is 0 Å². The maximum atomic E-state index is 12.6. The van der Waals surface area contributed by atoms with Crippen LogP contribution < -0.4 is 0 Å². The molecule has 0 bridgehead atoms. The molecule has 106 valence electrons. The van der Waals surface area contributed by atoms with Gasteiger partial charge in [-0.05, 0) is 50.3 Å². The zero-order chi connectivity index (χ0) is 14.7. The second-order valence-corrected chi connectivity index (χ2v) is 5.50. The first-order valence-corrected chi connectivity index (χ1v) is 7.02. The number of rotatable bonds is 3. The van der Waals surface area contributed by atoms with Crippen LogP contribution in [0.4, 0.5) is 0 Å². The molecule has 1 amide bonds. The molecule has 1 saturated carbocycles. The van der Waals surface area contributed by atoms with Gasteiger partial charge in [-0.25, -0.2) is 0 Å². The number of nitrogens with zero attached hydrogens (tertiary/aromatic N) is 1. The highest BCUT2D eigenvalue weighted by atomic mass is 16.2. The molecule has 1 aliphatic carbocycles. The molecule has 0 saturated heterocycles. The molecular weight excluding hydrogens is 250 g/mol. The number of hydrogen-bond acceptors (Lipinski definition) is 2. The van der Waals surface area contributed by atoms with Crippen molar-refractivity contribution >= 4 is 5.91 Å². The fraction of sp³-hybridized carbons (Fsp3) is 0.471. The first-order valence-electron chi connectivity index (χ1n) is 7.02. The van der Waals surface area contributed by atoms with Gasteiger partial charge in [-0.3, -0.25) is 4.79 Å². The highest BCUT2D eigenvalue weighted by Crippen LogP contribution is 2.35. The second kappa shape index (κ2) is 6.11. The fourth-order valence-electron chi connectivity index (χ4n) is 2.35. The summed E-state index contributed by atoms with van der Waals surface area (Å²) in [4.78, 5) is 14.4. The summed E-state index contributed by atoms with van der Waals surface area (Å²) in [7, 11) is 1.86. The van der Waals surface area contributed by atoms with Crippen LogP contribution in [0.3, 0.4) is 0 Å². The SMILES string of the molecule is Cc1ccc(C(=O)N(C)C(C)C2CC2)c(C#CCO)c1. The molecule has 1 atom stereocenters. The molecule has 1 unspecified atom stereocenters. The van der Waals surface area contributed by atoms with Gasteiger partial charge in [0.1, 0.15) is 6.61 Å². The van der Waals surface area contributed by atoms with E-state index in [9.17, 15) is 4.79 Å². The van der Waals surface area contributed by atoms with Crippen molar-refractivity contribution in [3.8, 4) is 11.8 Å². The lowest BCUT2D eigenvalue weighted by Gasteiger charge is -2.25. The van der Waals surface area contributed by atoms with Crippen LogP contribution in [-0.2, 0) is 0 Å². The van der Waals surface area contributed by atoms with Gasteiger partial charge in [0.2, 0.25) is 0 Å². The van der Waals surface area contributed by atoms with Crippen LogP contribution in [-0.4, -0.2) is 35.6 Å². The minimum atomic E-state index is -0.199. The number of aliphatic hydroxyl groups excluding tert-OH is 1. The quantitative estimate of drug-likeness (QED) is 0.856. The fourth-order valence-corrected chi connectivity index (χ4v) is 2.35. The van der Waals surface area contributed by atoms with Crippen LogP contribution in [0.5, 0.6) is 0 Å². The summed E-state index contributed by atoms with van der Waals surface area (Å²) in [5.74, 6) is 6.15. The normalized spacial score (nSPS) is 15.2. The van der Waals surface area contributed by atoms with Gasteiger partial charge in [-0.1, -0.05) is 17.9 Å². The molecule has 0 spiro atoms. The lowest BCUT2D eigenvalue weighted by molar-refractivity contribution is 0.0727. The molecule has 1 aliphatic rings. The van der Waals surface area contributed by atoms with E-state index < -0.39 is 0 Å². The van der Waals surface area contributed by atoms with Gasteiger partial charge in [0.05, 0.1) is 5.56 Å². The highest BCUT2D eigenvalue weighted by molar-refractivity contribution is 5.97. The molecule has 3 heteroatoms. The van der Waals surface area contributed by atoms with Crippen LogP contribution in [0.1, 0.15) is 41.3 Å². The van der Waals surface area contributed by atoms with Crippen LogP contribution in [0.2, 0.25) is 0 Å². The van der Waals surface area contributed by atoms with Crippen molar-refractivity contribution in [1.82, 2.24) is 4.90 Å². The van der Waals surface area contributed by atoms with E-state index in [-0.39, 0.29) is 18.6 Å². The molecule has 1 aromatic carbocycles. The molecule has 1 fully saturated rings. The third-order valence-corrected chi connectivity index (χ3v) is 3.94. The van der Waals surface area contributed by atoms with E-state index in [2.05, 4.69) is 18.8 Å². The molecule has 2 rings (SSSR count). The largest absolute Gasteiger partial charge is 0.384 e. The van der Waals surface area contributed by atoms with Crippen molar-refractivity contribution in [2.24, 2.45) is 5.92 Å². The van der Waals surface area contributed by atoms with Gasteiger partial charge >= 0.3 is 0 Å². The monoisotopic (exact) mass is 271 g/mol. The van der Waals surface area contributed by atoms with Crippen LogP contribution in [0, 0.1) is 24.7 Å². The molecule has 1 N–H and O–H groups in total. The van der Waals surface area contributed by atoms with E-state index in [0.717, 1.165) is 5.56 Å². The maximum absolute atomic E-state index is 12.6. The summed E-state index contributed by atoms with van der Waals surface area (Å²) in [6.07, 6.45) is 2.42. The molecule has 1 aromatic rings. The standard InChI is InChI=1S/C17H21NO2/c1-12-6-9-16(15(11-12)5-4-10-19)17(20)18(3)13(2)14-7-8-14/h6,9,11,13-14,19H,7-8,10H2,1-3H3. The Morgan fingerprint density at radius 1 is 1.50 bits per heavy atom. The molecular formula is C17H21NO2. The van der Waals surface area contributed by atoms with Crippen LogP contribution >= 0.6 is 0 Å². The van der Waals surface area contributed by atoms with E-state index in [4.69, 9.17) is 5.11 Å². The Labute approximate surface area is 120 Å². The first-order chi connectivity index (χ1) is 9.54. The lowest BCUT2D eigenvalue weighted by atomic mass is 10.0. The van der Waals surface area contributed by atoms with Crippen molar-refractivity contribution in [3.63, 3.8) is 0 Å². The third kappa shape index (κ3) is 3.20. The Morgan fingerprint density at radius 3 is 2.80 bits per heavy atom. The average molecular weight is 271 g/mol. The van der Waals surface area contributed by atoms with Gasteiger partial charge in [0, 0.05) is 18.7 Å². The smallest absolute Gasteiger partial charge is 0.255 e. The summed E-state index contributed by atoms with van der Waals surface area (Å²) in [5, 5.41) is 8.84. The second-order valence-electron chi connectivity index (χ2n) is 5.50. The van der Waals surface area contributed by atoms with E-state index in [0.29, 0.717) is 17.0 Å². The van der Waals surface area contributed by atoms with Gasteiger partial charge in [0.25, 0.3) is 5.91 Å². The van der Waals surface area contributed by atoms with Crippen LogP contribution in [0.25, 0.3) is 0 Å². The average Bonchev–Trinajstić information content (AvgIpc) is 3.27. The summed E-state index contributed by atoms with van der Waals surface area (Å²) < 4.78 is 0. The van der Waals surface area contributed by atoms with Crippen molar-refractivity contribution < 1.29 is 9.90 Å². The topological polar surface area (TPSA) is 40.5 Å². The molecule has 0 radical (unpaired) electrons. The van der Waals surface area contributed by atoms with Gasteiger partial charge in [-0.2, -0.15) is 0 Å². The Hall–Kier alpha value is -1.79. The number of aliphatic hydroxyl groups is 1. The van der Waals surface area contributed by atoms with Crippen LogP contribution in [0.15, 0.2) is 18.2 Å². The molecule has 3 nitrogen and oxygen atoms in total. The van der Waals surface area contributed by atoms with Crippen molar-refractivity contribution in [3.05, 3.63) is 34.9 Å². The predicted octanol–water partition coefficient (Wildman–Crippen LogP) is 2.21. The highest BCUT2D eigenvalue weighted by Gasteiger charge is 2.33. The minimum absolute atomic E-state index is 0.00615. The number of amides is 1. The van der Waals surface area contributed by atoms with Gasteiger partial charge < -0.3 is 10.0 Å². The summed E-state index contributed by atoms with van der Waals surface area (Å²) >= 11 is 0. The van der Waals surface area contributed by atoms with E-state index in [1.807, 2.05) is 37.1 Å². The Bertz CT molecular complexity index is 564. The number of carbonyl (C=O) groups excluding carboxylic acids is 1. The van der Waals surface area contributed by atoms with E-state index >= 15 is 0 Å². The number of hydrogen-bond donors (Lipinski definition) is 1. The molecule has 0 aromatic heterocycles. The summed E-state index contributed by atoms with van der Waals surface area (Å²) in [6, 6.07) is 5.91. The molecule has 0 heterocycles. The molecule has 0 aliphatic heterocycles.